The SMILES string of the molecule is C=CCNC(CCCC)NCC=C. The summed E-state index contributed by atoms with van der Waals surface area (Å²) in [6.07, 6.45) is 7.82. The first-order valence-corrected chi connectivity index (χ1v) is 5.03. The number of hydrogen-bond donors (Lipinski definition) is 2. The van der Waals surface area contributed by atoms with E-state index in [1.165, 1.54) is 12.8 Å². The Morgan fingerprint density at radius 1 is 1.15 bits per heavy atom. The van der Waals surface area contributed by atoms with E-state index in [0.717, 1.165) is 19.5 Å². The summed E-state index contributed by atoms with van der Waals surface area (Å²) in [6, 6.07) is 0. The van der Waals surface area contributed by atoms with Gasteiger partial charge in [0.2, 0.25) is 0 Å². The third-order valence-electron chi connectivity index (χ3n) is 1.86. The molecule has 0 bridgehead atoms. The van der Waals surface area contributed by atoms with E-state index in [9.17, 15) is 0 Å². The Balaban J connectivity index is 3.58. The summed E-state index contributed by atoms with van der Waals surface area (Å²) < 4.78 is 0. The maximum Gasteiger partial charge on any atom is 0.0576 e. The first-order chi connectivity index (χ1) is 6.35. The molecule has 0 heterocycles. The molecule has 0 radical (unpaired) electrons. The molecular formula is C11H22N2. The smallest absolute Gasteiger partial charge is 0.0576 e. The molecule has 0 spiro atoms. The van der Waals surface area contributed by atoms with E-state index in [1.54, 1.807) is 0 Å². The molecule has 0 rings (SSSR count). The van der Waals surface area contributed by atoms with Crippen molar-refractivity contribution >= 4 is 0 Å². The molecule has 0 amide bonds. The van der Waals surface area contributed by atoms with Gasteiger partial charge in [0.1, 0.15) is 0 Å². The van der Waals surface area contributed by atoms with Crippen molar-refractivity contribution in [2.24, 2.45) is 0 Å². The fourth-order valence-corrected chi connectivity index (χ4v) is 1.14. The maximum absolute atomic E-state index is 3.68. The minimum Gasteiger partial charge on any atom is -0.298 e. The summed E-state index contributed by atoms with van der Waals surface area (Å²) in [7, 11) is 0. The molecule has 0 aliphatic rings. The molecule has 2 nitrogen and oxygen atoms in total. The van der Waals surface area contributed by atoms with Gasteiger partial charge in [-0.15, -0.1) is 13.2 Å². The Bertz CT molecular complexity index is 120. The minimum absolute atomic E-state index is 0.399. The van der Waals surface area contributed by atoms with Gasteiger partial charge in [0, 0.05) is 13.1 Å². The third kappa shape index (κ3) is 7.75. The average Bonchev–Trinajstić information content (AvgIpc) is 2.17. The van der Waals surface area contributed by atoms with Crippen LogP contribution in [-0.2, 0) is 0 Å². The lowest BCUT2D eigenvalue weighted by Gasteiger charge is -2.18. The predicted molar refractivity (Wildman–Crippen MR) is 59.7 cm³/mol. The van der Waals surface area contributed by atoms with Crippen molar-refractivity contribution in [3.05, 3.63) is 25.3 Å². The molecule has 2 N–H and O–H groups in total. The van der Waals surface area contributed by atoms with Crippen LogP contribution in [0, 0.1) is 0 Å². The van der Waals surface area contributed by atoms with Gasteiger partial charge in [0.15, 0.2) is 0 Å². The molecule has 0 atom stereocenters. The fourth-order valence-electron chi connectivity index (χ4n) is 1.14. The lowest BCUT2D eigenvalue weighted by molar-refractivity contribution is 0.420. The third-order valence-corrected chi connectivity index (χ3v) is 1.86. The highest BCUT2D eigenvalue weighted by molar-refractivity contribution is 4.77. The molecule has 0 aromatic rings. The van der Waals surface area contributed by atoms with E-state index in [0.29, 0.717) is 6.17 Å². The molecular weight excluding hydrogens is 160 g/mol. The molecule has 13 heavy (non-hydrogen) atoms. The summed E-state index contributed by atoms with van der Waals surface area (Å²) in [5.41, 5.74) is 0. The fraction of sp³-hybridized carbons (Fsp3) is 0.636. The highest BCUT2D eigenvalue weighted by Crippen LogP contribution is 1.97. The predicted octanol–water partition coefficient (Wildman–Crippen LogP) is 2.05. The van der Waals surface area contributed by atoms with E-state index in [4.69, 9.17) is 0 Å². The monoisotopic (exact) mass is 182 g/mol. The van der Waals surface area contributed by atoms with Gasteiger partial charge in [0.05, 0.1) is 6.17 Å². The standard InChI is InChI=1S/C11H22N2/c1-4-7-8-11(12-9-5-2)13-10-6-3/h5-6,11-13H,2-4,7-10H2,1H3. The van der Waals surface area contributed by atoms with Gasteiger partial charge < -0.3 is 0 Å². The average molecular weight is 182 g/mol. The van der Waals surface area contributed by atoms with Crippen LogP contribution in [0.4, 0.5) is 0 Å². The highest BCUT2D eigenvalue weighted by atomic mass is 15.1. The highest BCUT2D eigenvalue weighted by Gasteiger charge is 2.03. The van der Waals surface area contributed by atoms with Crippen molar-refractivity contribution < 1.29 is 0 Å². The van der Waals surface area contributed by atoms with Crippen LogP contribution < -0.4 is 10.6 Å². The van der Waals surface area contributed by atoms with Crippen molar-refractivity contribution in [1.29, 1.82) is 0 Å². The summed E-state index contributed by atoms with van der Waals surface area (Å²) in [5.74, 6) is 0. The summed E-state index contributed by atoms with van der Waals surface area (Å²) in [6.45, 7) is 11.3. The number of unbranched alkanes of at least 4 members (excludes halogenated alkanes) is 1. The van der Waals surface area contributed by atoms with E-state index in [1.807, 2.05) is 12.2 Å². The summed E-state index contributed by atoms with van der Waals surface area (Å²) in [5, 5.41) is 6.72. The quantitative estimate of drug-likeness (QED) is 0.421. The molecule has 0 unspecified atom stereocenters. The Labute approximate surface area is 82.1 Å². The van der Waals surface area contributed by atoms with Crippen LogP contribution in [0.25, 0.3) is 0 Å². The second kappa shape index (κ2) is 9.49. The largest absolute Gasteiger partial charge is 0.298 e. The molecule has 76 valence electrons. The number of rotatable bonds is 9. The van der Waals surface area contributed by atoms with Crippen molar-refractivity contribution in [2.45, 2.75) is 32.4 Å². The van der Waals surface area contributed by atoms with Gasteiger partial charge in [0.25, 0.3) is 0 Å². The lowest BCUT2D eigenvalue weighted by Crippen LogP contribution is -2.42. The van der Waals surface area contributed by atoms with Crippen molar-refractivity contribution in [3.63, 3.8) is 0 Å². The molecule has 0 aromatic carbocycles. The van der Waals surface area contributed by atoms with Crippen LogP contribution in [0.1, 0.15) is 26.2 Å². The van der Waals surface area contributed by atoms with E-state index < -0.39 is 0 Å². The van der Waals surface area contributed by atoms with E-state index >= 15 is 0 Å². The van der Waals surface area contributed by atoms with Crippen LogP contribution in [-0.4, -0.2) is 19.3 Å². The zero-order valence-electron chi connectivity index (χ0n) is 8.68. The first kappa shape index (κ1) is 12.4. The second-order valence-corrected chi connectivity index (χ2v) is 3.09. The zero-order chi connectivity index (χ0) is 9.94. The molecule has 0 aliphatic carbocycles. The van der Waals surface area contributed by atoms with Crippen LogP contribution in [0.2, 0.25) is 0 Å². The van der Waals surface area contributed by atoms with Gasteiger partial charge in [-0.2, -0.15) is 0 Å². The molecule has 0 saturated heterocycles. The Hall–Kier alpha value is -0.600. The zero-order valence-corrected chi connectivity index (χ0v) is 8.68. The second-order valence-electron chi connectivity index (χ2n) is 3.09. The Morgan fingerprint density at radius 3 is 2.08 bits per heavy atom. The molecule has 0 aromatic heterocycles. The molecule has 2 heteroatoms. The normalized spacial score (nSPS) is 10.3. The minimum atomic E-state index is 0.399. The summed E-state index contributed by atoms with van der Waals surface area (Å²) in [4.78, 5) is 0. The van der Waals surface area contributed by atoms with Gasteiger partial charge in [-0.1, -0.05) is 31.9 Å². The molecule has 0 aliphatic heterocycles. The van der Waals surface area contributed by atoms with Crippen LogP contribution in [0.3, 0.4) is 0 Å². The van der Waals surface area contributed by atoms with Crippen molar-refractivity contribution in [1.82, 2.24) is 10.6 Å². The van der Waals surface area contributed by atoms with Gasteiger partial charge in [-0.05, 0) is 6.42 Å². The van der Waals surface area contributed by atoms with Gasteiger partial charge in [-0.3, -0.25) is 10.6 Å². The molecule has 0 fully saturated rings. The van der Waals surface area contributed by atoms with Crippen LogP contribution >= 0.6 is 0 Å². The number of hydrogen-bond acceptors (Lipinski definition) is 2. The number of nitrogens with one attached hydrogen (secondary N) is 2. The maximum atomic E-state index is 3.68. The van der Waals surface area contributed by atoms with E-state index in [2.05, 4.69) is 30.7 Å². The summed E-state index contributed by atoms with van der Waals surface area (Å²) >= 11 is 0. The van der Waals surface area contributed by atoms with Crippen LogP contribution in [0.5, 0.6) is 0 Å². The van der Waals surface area contributed by atoms with Crippen molar-refractivity contribution in [3.8, 4) is 0 Å². The Morgan fingerprint density at radius 2 is 1.69 bits per heavy atom. The van der Waals surface area contributed by atoms with Crippen LogP contribution in [0.15, 0.2) is 25.3 Å². The molecule has 0 saturated carbocycles. The van der Waals surface area contributed by atoms with Gasteiger partial charge >= 0.3 is 0 Å². The van der Waals surface area contributed by atoms with Crippen molar-refractivity contribution in [2.75, 3.05) is 13.1 Å². The lowest BCUT2D eigenvalue weighted by atomic mass is 10.2. The Kier molecular flexibility index (Phi) is 9.05. The van der Waals surface area contributed by atoms with E-state index in [-0.39, 0.29) is 0 Å². The van der Waals surface area contributed by atoms with Gasteiger partial charge in [-0.25, -0.2) is 0 Å². The topological polar surface area (TPSA) is 24.1 Å². The first-order valence-electron chi connectivity index (χ1n) is 5.03.